The van der Waals surface area contributed by atoms with Crippen LogP contribution in [0.5, 0.6) is 0 Å². The van der Waals surface area contributed by atoms with Crippen LogP contribution in [0.2, 0.25) is 0 Å². The normalized spacial score (nSPS) is 10.1. The molecule has 2 rings (SSSR count). The lowest BCUT2D eigenvalue weighted by atomic mass is 10.3. The number of nitrogens with zero attached hydrogens (tertiary/aromatic N) is 2. The summed E-state index contributed by atoms with van der Waals surface area (Å²) in [5.41, 5.74) is 1.02. The molecule has 0 spiro atoms. The Kier molecular flexibility index (Phi) is 2.09. The van der Waals surface area contributed by atoms with Gasteiger partial charge in [0.1, 0.15) is 11.3 Å². The molecule has 62 valence electrons. The molecule has 0 aromatic carbocycles. The van der Waals surface area contributed by atoms with Crippen molar-refractivity contribution in [1.29, 1.82) is 0 Å². The molecule has 0 atom stereocenters. The molecule has 12 heavy (non-hydrogen) atoms. The largest absolute Gasteiger partial charge is 0.313 e. The van der Waals surface area contributed by atoms with Crippen LogP contribution in [0.3, 0.4) is 0 Å². The lowest BCUT2D eigenvalue weighted by Crippen LogP contribution is -1.81. The Labute approximate surface area is 81.4 Å². The Morgan fingerprint density at radius 3 is 3.17 bits per heavy atom. The van der Waals surface area contributed by atoms with Gasteiger partial charge < -0.3 is 4.34 Å². The topological polar surface area (TPSA) is 53.6 Å². The van der Waals surface area contributed by atoms with E-state index < -0.39 is 0 Å². The summed E-state index contributed by atoms with van der Waals surface area (Å²) in [4.78, 5) is 4.05. The van der Waals surface area contributed by atoms with Gasteiger partial charge in [-0.3, -0.25) is 5.10 Å². The molecule has 4 nitrogen and oxygen atoms in total. The Balaban J connectivity index is 2.46. The van der Waals surface area contributed by atoms with Crippen LogP contribution in [0, 0.1) is 0 Å². The summed E-state index contributed by atoms with van der Waals surface area (Å²) >= 11 is 4.77. The van der Waals surface area contributed by atoms with Crippen LogP contribution in [-0.4, -0.2) is 15.2 Å². The second-order valence-electron chi connectivity index (χ2n) is 2.09. The third-order valence-electron chi connectivity index (χ3n) is 1.42. The maximum absolute atomic E-state index is 4.05. The van der Waals surface area contributed by atoms with Gasteiger partial charge in [0.15, 0.2) is 5.82 Å². The predicted molar refractivity (Wildman–Crippen MR) is 52.2 cm³/mol. The molecular formula is C6H5BrN4S. The molecule has 0 aliphatic heterocycles. The summed E-state index contributed by atoms with van der Waals surface area (Å²) in [5.74, 6) is 0.776. The van der Waals surface area contributed by atoms with Gasteiger partial charge in [-0.2, -0.15) is 5.10 Å². The van der Waals surface area contributed by atoms with E-state index in [-0.39, 0.29) is 0 Å². The Morgan fingerprint density at radius 2 is 2.50 bits per heavy atom. The first kappa shape index (κ1) is 7.75. The molecule has 0 fully saturated rings. The van der Waals surface area contributed by atoms with Crippen LogP contribution < -0.4 is 4.34 Å². The third kappa shape index (κ3) is 1.23. The van der Waals surface area contributed by atoms with Gasteiger partial charge in [0.25, 0.3) is 0 Å². The molecule has 0 aliphatic rings. The van der Waals surface area contributed by atoms with Gasteiger partial charge >= 0.3 is 0 Å². The smallest absolute Gasteiger partial charge is 0.158 e. The molecule has 0 bridgehead atoms. The zero-order valence-corrected chi connectivity index (χ0v) is 8.32. The Morgan fingerprint density at radius 1 is 1.58 bits per heavy atom. The number of halogens is 1. The predicted octanol–water partition coefficient (Wildman–Crippen LogP) is 2.25. The molecule has 6 heteroatoms. The molecule has 0 radical (unpaired) electrons. The first-order valence-corrected chi connectivity index (χ1v) is 4.89. The zero-order valence-electron chi connectivity index (χ0n) is 5.91. The maximum atomic E-state index is 4.05. The summed E-state index contributed by atoms with van der Waals surface area (Å²) in [5, 5.41) is 9.59. The number of aromatic nitrogens is 3. The minimum absolute atomic E-state index is 0.776. The fourth-order valence-electron chi connectivity index (χ4n) is 0.904. The highest BCUT2D eigenvalue weighted by molar-refractivity contribution is 9.10. The van der Waals surface area contributed by atoms with Gasteiger partial charge in [0.05, 0.1) is 5.56 Å². The van der Waals surface area contributed by atoms with Crippen molar-refractivity contribution in [2.45, 2.75) is 0 Å². The molecule has 0 amide bonds. The number of hydrogen-bond acceptors (Lipinski definition) is 4. The van der Waals surface area contributed by atoms with Gasteiger partial charge in [-0.25, -0.2) is 4.98 Å². The van der Waals surface area contributed by atoms with Crippen LogP contribution in [0.15, 0.2) is 17.8 Å². The van der Waals surface area contributed by atoms with Gasteiger partial charge in [0, 0.05) is 16.1 Å². The molecule has 0 unspecified atom stereocenters. The molecule has 0 aliphatic carbocycles. The van der Waals surface area contributed by atoms with E-state index in [2.05, 4.69) is 35.7 Å². The van der Waals surface area contributed by atoms with E-state index in [4.69, 9.17) is 0 Å². The second-order valence-corrected chi connectivity index (χ2v) is 3.40. The van der Waals surface area contributed by atoms with Crippen LogP contribution >= 0.6 is 27.5 Å². The van der Waals surface area contributed by atoms with E-state index >= 15 is 0 Å². The van der Waals surface area contributed by atoms with Crippen LogP contribution in [0.4, 0.5) is 5.00 Å². The van der Waals surface area contributed by atoms with Crippen molar-refractivity contribution in [3.05, 3.63) is 17.8 Å². The number of nitrogens with one attached hydrogen (secondary N) is 2. The van der Waals surface area contributed by atoms with Crippen molar-refractivity contribution < 1.29 is 0 Å². The summed E-state index contributed by atoms with van der Waals surface area (Å²) in [6.45, 7) is 0. The number of aromatic amines is 1. The average Bonchev–Trinajstić information content (AvgIpc) is 2.74. The van der Waals surface area contributed by atoms with Crippen molar-refractivity contribution in [3.63, 3.8) is 0 Å². The number of thiophene rings is 1. The van der Waals surface area contributed by atoms with E-state index in [0.717, 1.165) is 16.4 Å². The summed E-state index contributed by atoms with van der Waals surface area (Å²) in [6, 6.07) is 1.98. The minimum Gasteiger partial charge on any atom is -0.313 e. The van der Waals surface area contributed by atoms with Crippen molar-refractivity contribution in [3.8, 4) is 11.4 Å². The SMILES string of the molecule is BrNc1sccc1-c1ncn[nH]1. The molecular weight excluding hydrogens is 240 g/mol. The summed E-state index contributed by atoms with van der Waals surface area (Å²) in [6.07, 6.45) is 1.49. The van der Waals surface area contributed by atoms with Crippen LogP contribution in [0.1, 0.15) is 0 Å². The third-order valence-corrected chi connectivity index (χ3v) is 2.91. The molecule has 2 aromatic heterocycles. The number of H-pyrrole nitrogens is 1. The average molecular weight is 245 g/mol. The van der Waals surface area contributed by atoms with Gasteiger partial charge in [-0.15, -0.1) is 11.3 Å². The van der Waals surface area contributed by atoms with E-state index in [1.807, 2.05) is 11.4 Å². The second kappa shape index (κ2) is 3.24. The molecule has 2 aromatic rings. The van der Waals surface area contributed by atoms with E-state index in [0.29, 0.717) is 0 Å². The minimum atomic E-state index is 0.776. The number of hydrogen-bond donors (Lipinski definition) is 2. The highest BCUT2D eigenvalue weighted by Crippen LogP contribution is 2.31. The quantitative estimate of drug-likeness (QED) is 0.798. The van der Waals surface area contributed by atoms with E-state index in [9.17, 15) is 0 Å². The summed E-state index contributed by atoms with van der Waals surface area (Å²) < 4.78 is 2.91. The van der Waals surface area contributed by atoms with E-state index in [1.54, 1.807) is 11.3 Å². The standard InChI is InChI=1S/C6H5BrN4S/c7-10-6-4(1-2-12-6)5-8-3-9-11-5/h1-3,10H,(H,8,9,11). The highest BCUT2D eigenvalue weighted by atomic mass is 79.9. The molecule has 2 N–H and O–H groups in total. The first-order chi connectivity index (χ1) is 5.92. The van der Waals surface area contributed by atoms with Crippen molar-refractivity contribution in [2.75, 3.05) is 4.34 Å². The van der Waals surface area contributed by atoms with E-state index in [1.165, 1.54) is 6.33 Å². The Hall–Kier alpha value is -0.880. The lowest BCUT2D eigenvalue weighted by molar-refractivity contribution is 1.10. The zero-order chi connectivity index (χ0) is 8.39. The lowest BCUT2D eigenvalue weighted by Gasteiger charge is -1.95. The molecule has 2 heterocycles. The fourth-order valence-corrected chi connectivity index (χ4v) is 2.07. The molecule has 0 saturated carbocycles. The van der Waals surface area contributed by atoms with Gasteiger partial charge in [-0.1, -0.05) is 0 Å². The fraction of sp³-hybridized carbons (Fsp3) is 0. The van der Waals surface area contributed by atoms with Crippen LogP contribution in [-0.2, 0) is 0 Å². The highest BCUT2D eigenvalue weighted by Gasteiger charge is 2.07. The summed E-state index contributed by atoms with van der Waals surface area (Å²) in [7, 11) is 0. The van der Waals surface area contributed by atoms with Crippen molar-refractivity contribution in [1.82, 2.24) is 15.2 Å². The molecule has 0 saturated heterocycles. The maximum Gasteiger partial charge on any atom is 0.158 e. The van der Waals surface area contributed by atoms with Gasteiger partial charge in [0.2, 0.25) is 0 Å². The Bertz CT molecular complexity index is 355. The van der Waals surface area contributed by atoms with Crippen molar-refractivity contribution >= 4 is 32.5 Å². The number of anilines is 1. The van der Waals surface area contributed by atoms with Crippen LogP contribution in [0.25, 0.3) is 11.4 Å². The van der Waals surface area contributed by atoms with Gasteiger partial charge in [-0.05, 0) is 11.4 Å². The first-order valence-electron chi connectivity index (χ1n) is 3.21. The number of rotatable bonds is 2. The van der Waals surface area contributed by atoms with Crippen molar-refractivity contribution in [2.24, 2.45) is 0 Å². The monoisotopic (exact) mass is 244 g/mol.